The second kappa shape index (κ2) is 7.31. The van der Waals surface area contributed by atoms with Crippen LogP contribution < -0.4 is 5.32 Å². The molecule has 1 unspecified atom stereocenters. The van der Waals surface area contributed by atoms with E-state index in [2.05, 4.69) is 17.3 Å². The first-order valence-corrected chi connectivity index (χ1v) is 7.23. The van der Waals surface area contributed by atoms with Crippen molar-refractivity contribution in [2.24, 2.45) is 7.05 Å². The SMILES string of the molecule is CCCNC(Cc1cnn(C)c1)Cc1ccc(F)cc1F. The van der Waals surface area contributed by atoms with E-state index in [0.717, 1.165) is 31.0 Å². The van der Waals surface area contributed by atoms with Gasteiger partial charge in [-0.1, -0.05) is 13.0 Å². The van der Waals surface area contributed by atoms with Gasteiger partial charge in [-0.05, 0) is 43.0 Å². The maximum Gasteiger partial charge on any atom is 0.129 e. The number of nitrogens with one attached hydrogen (secondary N) is 1. The van der Waals surface area contributed by atoms with Crippen LogP contribution in [0, 0.1) is 11.6 Å². The second-order valence-corrected chi connectivity index (χ2v) is 5.32. The molecule has 2 aromatic rings. The highest BCUT2D eigenvalue weighted by Gasteiger charge is 2.14. The average molecular weight is 293 g/mol. The zero-order valence-electron chi connectivity index (χ0n) is 12.4. The van der Waals surface area contributed by atoms with E-state index in [1.807, 2.05) is 19.4 Å². The van der Waals surface area contributed by atoms with Crippen molar-refractivity contribution < 1.29 is 8.78 Å². The maximum atomic E-state index is 13.8. The molecule has 3 nitrogen and oxygen atoms in total. The summed E-state index contributed by atoms with van der Waals surface area (Å²) in [7, 11) is 1.87. The summed E-state index contributed by atoms with van der Waals surface area (Å²) in [4.78, 5) is 0. The zero-order valence-corrected chi connectivity index (χ0v) is 12.4. The highest BCUT2D eigenvalue weighted by molar-refractivity contribution is 5.20. The number of hydrogen-bond donors (Lipinski definition) is 1. The van der Waals surface area contributed by atoms with Gasteiger partial charge in [0, 0.05) is 25.4 Å². The molecule has 21 heavy (non-hydrogen) atoms. The van der Waals surface area contributed by atoms with Gasteiger partial charge in [0.25, 0.3) is 0 Å². The molecule has 0 aliphatic carbocycles. The topological polar surface area (TPSA) is 29.9 Å². The van der Waals surface area contributed by atoms with Gasteiger partial charge in [0.1, 0.15) is 11.6 Å². The highest BCUT2D eigenvalue weighted by Crippen LogP contribution is 2.14. The number of aromatic nitrogens is 2. The van der Waals surface area contributed by atoms with Gasteiger partial charge in [-0.15, -0.1) is 0 Å². The van der Waals surface area contributed by atoms with E-state index < -0.39 is 11.6 Å². The summed E-state index contributed by atoms with van der Waals surface area (Å²) in [5, 5.41) is 7.57. The van der Waals surface area contributed by atoms with Crippen LogP contribution in [0.3, 0.4) is 0 Å². The summed E-state index contributed by atoms with van der Waals surface area (Å²) in [5.74, 6) is -1.02. The predicted molar refractivity (Wildman–Crippen MR) is 79.1 cm³/mol. The van der Waals surface area contributed by atoms with Gasteiger partial charge in [0.05, 0.1) is 6.20 Å². The molecule has 0 saturated heterocycles. The molecule has 0 aliphatic rings. The van der Waals surface area contributed by atoms with E-state index in [9.17, 15) is 8.78 Å². The zero-order chi connectivity index (χ0) is 15.2. The Morgan fingerprint density at radius 2 is 2.10 bits per heavy atom. The first-order chi connectivity index (χ1) is 10.1. The quantitative estimate of drug-likeness (QED) is 0.850. The molecule has 2 rings (SSSR count). The smallest absolute Gasteiger partial charge is 0.129 e. The van der Waals surface area contributed by atoms with Crippen molar-refractivity contribution >= 4 is 0 Å². The molecule has 1 aromatic heterocycles. The van der Waals surface area contributed by atoms with Gasteiger partial charge >= 0.3 is 0 Å². The molecule has 0 bridgehead atoms. The van der Waals surface area contributed by atoms with Gasteiger partial charge in [-0.2, -0.15) is 5.10 Å². The molecule has 0 fully saturated rings. The van der Waals surface area contributed by atoms with E-state index in [1.54, 1.807) is 4.68 Å². The van der Waals surface area contributed by atoms with Crippen LogP contribution >= 0.6 is 0 Å². The Morgan fingerprint density at radius 1 is 1.29 bits per heavy atom. The Bertz CT molecular complexity index is 581. The minimum Gasteiger partial charge on any atom is -0.313 e. The lowest BCUT2D eigenvalue weighted by Gasteiger charge is -2.18. The summed E-state index contributed by atoms with van der Waals surface area (Å²) in [6, 6.07) is 3.87. The standard InChI is InChI=1S/C16H21F2N3/c1-3-6-19-15(7-12-10-20-21(2)11-12)8-13-4-5-14(17)9-16(13)18/h4-5,9-11,15,19H,3,6-8H2,1-2H3. The van der Waals surface area contributed by atoms with Gasteiger partial charge in [0.15, 0.2) is 0 Å². The molecular formula is C16H21F2N3. The Labute approximate surface area is 124 Å². The van der Waals surface area contributed by atoms with Crippen LogP contribution in [-0.4, -0.2) is 22.4 Å². The molecule has 0 spiro atoms. The minimum absolute atomic E-state index is 0.106. The summed E-state index contributed by atoms with van der Waals surface area (Å²) < 4.78 is 28.5. The molecule has 1 aromatic carbocycles. The third-order valence-electron chi connectivity index (χ3n) is 3.40. The Hall–Kier alpha value is -1.75. The van der Waals surface area contributed by atoms with Crippen molar-refractivity contribution in [3.05, 3.63) is 53.4 Å². The molecule has 1 heterocycles. The summed E-state index contributed by atoms with van der Waals surface area (Å²) >= 11 is 0. The van der Waals surface area contributed by atoms with Crippen LogP contribution in [0.2, 0.25) is 0 Å². The molecule has 0 radical (unpaired) electrons. The van der Waals surface area contributed by atoms with Crippen molar-refractivity contribution in [1.82, 2.24) is 15.1 Å². The second-order valence-electron chi connectivity index (χ2n) is 5.32. The van der Waals surface area contributed by atoms with E-state index >= 15 is 0 Å². The molecule has 5 heteroatoms. The fraction of sp³-hybridized carbons (Fsp3) is 0.438. The molecular weight excluding hydrogens is 272 g/mol. The average Bonchev–Trinajstić information content (AvgIpc) is 2.84. The number of benzene rings is 1. The molecule has 0 saturated carbocycles. The van der Waals surface area contributed by atoms with Crippen molar-refractivity contribution in [3.8, 4) is 0 Å². The third kappa shape index (κ3) is 4.63. The minimum atomic E-state index is -0.540. The lowest BCUT2D eigenvalue weighted by molar-refractivity contribution is 0.489. The first-order valence-electron chi connectivity index (χ1n) is 7.23. The number of hydrogen-bond acceptors (Lipinski definition) is 2. The van der Waals surface area contributed by atoms with Crippen molar-refractivity contribution in [2.75, 3.05) is 6.54 Å². The third-order valence-corrected chi connectivity index (χ3v) is 3.40. The van der Waals surface area contributed by atoms with E-state index in [4.69, 9.17) is 0 Å². The normalized spacial score (nSPS) is 12.6. The number of nitrogens with zero attached hydrogens (tertiary/aromatic N) is 2. The highest BCUT2D eigenvalue weighted by atomic mass is 19.1. The van der Waals surface area contributed by atoms with Crippen molar-refractivity contribution in [2.45, 2.75) is 32.2 Å². The van der Waals surface area contributed by atoms with Gasteiger partial charge in [-0.3, -0.25) is 4.68 Å². The monoisotopic (exact) mass is 293 g/mol. The van der Waals surface area contributed by atoms with Crippen LogP contribution in [0.5, 0.6) is 0 Å². The van der Waals surface area contributed by atoms with Crippen molar-refractivity contribution in [1.29, 1.82) is 0 Å². The van der Waals surface area contributed by atoms with Crippen LogP contribution in [0.4, 0.5) is 8.78 Å². The predicted octanol–water partition coefficient (Wildman–Crippen LogP) is 2.85. The molecule has 0 amide bonds. The molecule has 114 valence electrons. The summed E-state index contributed by atoms with van der Waals surface area (Å²) in [6.45, 7) is 2.96. The van der Waals surface area contributed by atoms with Crippen LogP contribution in [-0.2, 0) is 19.9 Å². The van der Waals surface area contributed by atoms with Gasteiger partial charge in [0.2, 0.25) is 0 Å². The molecule has 1 atom stereocenters. The van der Waals surface area contributed by atoms with E-state index in [-0.39, 0.29) is 6.04 Å². The lowest BCUT2D eigenvalue weighted by atomic mass is 10.00. The van der Waals surface area contributed by atoms with Crippen LogP contribution in [0.15, 0.2) is 30.6 Å². The van der Waals surface area contributed by atoms with Gasteiger partial charge < -0.3 is 5.32 Å². The van der Waals surface area contributed by atoms with Crippen LogP contribution in [0.1, 0.15) is 24.5 Å². The van der Waals surface area contributed by atoms with Gasteiger partial charge in [-0.25, -0.2) is 8.78 Å². The first kappa shape index (κ1) is 15.6. The lowest BCUT2D eigenvalue weighted by Crippen LogP contribution is -2.34. The fourth-order valence-electron chi connectivity index (χ4n) is 2.38. The number of rotatable bonds is 7. The molecule has 0 aliphatic heterocycles. The largest absolute Gasteiger partial charge is 0.313 e. The van der Waals surface area contributed by atoms with E-state index in [1.165, 1.54) is 12.1 Å². The fourth-order valence-corrected chi connectivity index (χ4v) is 2.38. The summed E-state index contributed by atoms with van der Waals surface area (Å²) in [5.41, 5.74) is 1.64. The maximum absolute atomic E-state index is 13.8. The van der Waals surface area contributed by atoms with E-state index in [0.29, 0.717) is 12.0 Å². The van der Waals surface area contributed by atoms with Crippen molar-refractivity contribution in [3.63, 3.8) is 0 Å². The number of aryl methyl sites for hydroxylation is 1. The Kier molecular flexibility index (Phi) is 5.44. The Balaban J connectivity index is 2.08. The summed E-state index contributed by atoms with van der Waals surface area (Å²) in [6.07, 6.45) is 6.09. The molecule has 1 N–H and O–H groups in total. The van der Waals surface area contributed by atoms with Crippen LogP contribution in [0.25, 0.3) is 0 Å². The Morgan fingerprint density at radius 3 is 2.71 bits per heavy atom. The number of halogens is 2.